The molecular weight excluding hydrogens is 260 g/mol. The largest absolute Gasteiger partial charge is 0.478 e. The van der Waals surface area contributed by atoms with E-state index in [9.17, 15) is 4.79 Å². The molecule has 0 amide bonds. The zero-order valence-electron chi connectivity index (χ0n) is 11.2. The summed E-state index contributed by atoms with van der Waals surface area (Å²) < 4.78 is 5.16. The van der Waals surface area contributed by atoms with Gasteiger partial charge in [-0.25, -0.2) is 4.79 Å². The van der Waals surface area contributed by atoms with Crippen LogP contribution in [0.25, 0.3) is 6.08 Å². The number of aliphatic hydroxyl groups excluding tert-OH is 2. The van der Waals surface area contributed by atoms with E-state index in [1.54, 1.807) is 6.08 Å². The summed E-state index contributed by atoms with van der Waals surface area (Å²) in [7, 11) is 0. The third-order valence-electron chi connectivity index (χ3n) is 2.82. The summed E-state index contributed by atoms with van der Waals surface area (Å²) in [6, 6.07) is 9.31. The van der Waals surface area contributed by atoms with E-state index in [-0.39, 0.29) is 25.4 Å². The first-order chi connectivity index (χ1) is 9.65. The number of rotatable bonds is 4. The van der Waals surface area contributed by atoms with E-state index in [2.05, 4.69) is 0 Å². The number of ether oxygens (including phenoxy) is 1. The molecule has 1 aromatic carbocycles. The van der Waals surface area contributed by atoms with Gasteiger partial charge in [-0.2, -0.15) is 0 Å². The van der Waals surface area contributed by atoms with E-state index in [0.29, 0.717) is 0 Å². The number of hydrogen-bond acceptors (Lipinski definition) is 4. The summed E-state index contributed by atoms with van der Waals surface area (Å²) in [4.78, 5) is 10.1. The van der Waals surface area contributed by atoms with Crippen molar-refractivity contribution in [3.05, 3.63) is 42.0 Å². The van der Waals surface area contributed by atoms with Crippen molar-refractivity contribution < 1.29 is 24.9 Å². The quantitative estimate of drug-likeness (QED) is 0.724. The van der Waals surface area contributed by atoms with Crippen LogP contribution < -0.4 is 0 Å². The molecule has 0 radical (unpaired) electrons. The Morgan fingerprint density at radius 2 is 1.70 bits per heavy atom. The first-order valence-electron chi connectivity index (χ1n) is 6.49. The molecular formula is C15H20O5. The second-order valence-electron chi connectivity index (χ2n) is 4.40. The third kappa shape index (κ3) is 6.47. The summed E-state index contributed by atoms with van der Waals surface area (Å²) >= 11 is 0. The normalized spacial score (nSPS) is 21.5. The van der Waals surface area contributed by atoms with Crippen LogP contribution in [0.1, 0.15) is 18.4 Å². The molecule has 0 saturated carbocycles. The van der Waals surface area contributed by atoms with E-state index in [1.165, 1.54) is 0 Å². The highest BCUT2D eigenvalue weighted by Gasteiger charge is 2.23. The Hall–Kier alpha value is -1.69. The SMILES string of the molecule is O=C(O)C=Cc1ccccc1.OC[C@@H]1CC[C@@H](CO)O1. The predicted octanol–water partition coefficient (Wildman–Crippen LogP) is 1.30. The number of carboxylic acid groups (broad SMARTS) is 1. The van der Waals surface area contributed by atoms with Gasteiger partial charge in [0.05, 0.1) is 25.4 Å². The maximum absolute atomic E-state index is 10.1. The third-order valence-corrected chi connectivity index (χ3v) is 2.82. The van der Waals surface area contributed by atoms with Crippen molar-refractivity contribution in [2.45, 2.75) is 25.0 Å². The highest BCUT2D eigenvalue weighted by atomic mass is 16.5. The fourth-order valence-electron chi connectivity index (χ4n) is 1.78. The lowest BCUT2D eigenvalue weighted by atomic mass is 10.2. The van der Waals surface area contributed by atoms with Gasteiger partial charge in [0.15, 0.2) is 0 Å². The van der Waals surface area contributed by atoms with Gasteiger partial charge in [-0.05, 0) is 24.5 Å². The van der Waals surface area contributed by atoms with E-state index in [1.807, 2.05) is 30.3 Å². The Balaban J connectivity index is 0.000000204. The molecule has 110 valence electrons. The molecule has 3 N–H and O–H groups in total. The molecule has 2 rings (SSSR count). The average molecular weight is 280 g/mol. The van der Waals surface area contributed by atoms with Crippen molar-refractivity contribution in [1.82, 2.24) is 0 Å². The van der Waals surface area contributed by atoms with E-state index < -0.39 is 5.97 Å². The molecule has 0 unspecified atom stereocenters. The molecule has 20 heavy (non-hydrogen) atoms. The second-order valence-corrected chi connectivity index (χ2v) is 4.40. The molecule has 1 aromatic rings. The number of benzene rings is 1. The van der Waals surface area contributed by atoms with E-state index >= 15 is 0 Å². The van der Waals surface area contributed by atoms with Crippen molar-refractivity contribution >= 4 is 12.0 Å². The van der Waals surface area contributed by atoms with Gasteiger partial charge < -0.3 is 20.1 Å². The van der Waals surface area contributed by atoms with Crippen LogP contribution in [-0.2, 0) is 9.53 Å². The standard InChI is InChI=1S/C9H8O2.C6H12O3/c10-9(11)7-6-8-4-2-1-3-5-8;7-3-5-1-2-6(4-8)9-5/h1-7H,(H,10,11);5-8H,1-4H2/t;5-,6-/m.0/s1. The average Bonchev–Trinajstić information content (AvgIpc) is 2.95. The van der Waals surface area contributed by atoms with Crippen LogP contribution in [-0.4, -0.2) is 46.7 Å². The number of carboxylic acids is 1. The first-order valence-corrected chi connectivity index (χ1v) is 6.49. The number of carbonyl (C=O) groups is 1. The summed E-state index contributed by atoms with van der Waals surface area (Å²) in [5.74, 6) is -0.922. The maximum Gasteiger partial charge on any atom is 0.328 e. The molecule has 0 bridgehead atoms. The van der Waals surface area contributed by atoms with Crippen LogP contribution in [0.5, 0.6) is 0 Å². The van der Waals surface area contributed by atoms with Gasteiger partial charge in [0, 0.05) is 6.08 Å². The van der Waals surface area contributed by atoms with E-state index in [4.69, 9.17) is 20.1 Å². The van der Waals surface area contributed by atoms with E-state index in [0.717, 1.165) is 24.5 Å². The van der Waals surface area contributed by atoms with Gasteiger partial charge >= 0.3 is 5.97 Å². The molecule has 1 aliphatic heterocycles. The lowest BCUT2D eigenvalue weighted by Gasteiger charge is -2.07. The molecule has 1 fully saturated rings. The zero-order valence-corrected chi connectivity index (χ0v) is 11.2. The van der Waals surface area contributed by atoms with Crippen LogP contribution in [0.2, 0.25) is 0 Å². The lowest BCUT2D eigenvalue weighted by molar-refractivity contribution is -0.131. The number of hydrogen-bond donors (Lipinski definition) is 3. The minimum Gasteiger partial charge on any atom is -0.478 e. The summed E-state index contributed by atoms with van der Waals surface area (Å²) in [5.41, 5.74) is 0.898. The molecule has 1 aliphatic rings. The summed E-state index contributed by atoms with van der Waals surface area (Å²) in [6.07, 6.45) is 4.38. The zero-order chi connectivity index (χ0) is 14.8. The van der Waals surface area contributed by atoms with Crippen molar-refractivity contribution in [2.75, 3.05) is 13.2 Å². The summed E-state index contributed by atoms with van der Waals surface area (Å²) in [5, 5.41) is 25.4. The van der Waals surface area contributed by atoms with Crippen molar-refractivity contribution in [1.29, 1.82) is 0 Å². The minimum absolute atomic E-state index is 0.0258. The van der Waals surface area contributed by atoms with Crippen molar-refractivity contribution in [2.24, 2.45) is 0 Å². The first kappa shape index (κ1) is 16.4. The molecule has 5 heteroatoms. The molecule has 0 aliphatic carbocycles. The Morgan fingerprint density at radius 1 is 1.15 bits per heavy atom. The molecule has 1 saturated heterocycles. The van der Waals surface area contributed by atoms with Crippen LogP contribution in [0, 0.1) is 0 Å². The molecule has 0 spiro atoms. The number of aliphatic carboxylic acids is 1. The Bertz CT molecular complexity index is 406. The maximum atomic E-state index is 10.1. The topological polar surface area (TPSA) is 87.0 Å². The van der Waals surface area contributed by atoms with Gasteiger partial charge in [-0.3, -0.25) is 0 Å². The Morgan fingerprint density at radius 3 is 2.10 bits per heavy atom. The molecule has 5 nitrogen and oxygen atoms in total. The minimum atomic E-state index is -0.922. The van der Waals surface area contributed by atoms with Gasteiger partial charge in [0.25, 0.3) is 0 Å². The fraction of sp³-hybridized carbons (Fsp3) is 0.400. The van der Waals surface area contributed by atoms with Gasteiger partial charge in [-0.1, -0.05) is 30.3 Å². The second kappa shape index (κ2) is 9.25. The van der Waals surface area contributed by atoms with Crippen LogP contribution in [0.15, 0.2) is 36.4 Å². The van der Waals surface area contributed by atoms with Crippen LogP contribution >= 0.6 is 0 Å². The highest BCUT2D eigenvalue weighted by molar-refractivity contribution is 5.85. The van der Waals surface area contributed by atoms with Gasteiger partial charge in [-0.15, -0.1) is 0 Å². The molecule has 2 atom stereocenters. The molecule has 1 heterocycles. The van der Waals surface area contributed by atoms with Gasteiger partial charge in [0.1, 0.15) is 0 Å². The predicted molar refractivity (Wildman–Crippen MR) is 75.2 cm³/mol. The smallest absolute Gasteiger partial charge is 0.328 e. The van der Waals surface area contributed by atoms with Crippen molar-refractivity contribution in [3.63, 3.8) is 0 Å². The Labute approximate surface area is 118 Å². The molecule has 0 aromatic heterocycles. The Kier molecular flexibility index (Phi) is 7.57. The summed E-state index contributed by atoms with van der Waals surface area (Å²) in [6.45, 7) is 0.160. The monoisotopic (exact) mass is 280 g/mol. The van der Waals surface area contributed by atoms with Gasteiger partial charge in [0.2, 0.25) is 0 Å². The lowest BCUT2D eigenvalue weighted by Crippen LogP contribution is -2.16. The highest BCUT2D eigenvalue weighted by Crippen LogP contribution is 2.18. The fourth-order valence-corrected chi connectivity index (χ4v) is 1.78. The van der Waals surface area contributed by atoms with Crippen LogP contribution in [0.4, 0.5) is 0 Å². The van der Waals surface area contributed by atoms with Crippen molar-refractivity contribution in [3.8, 4) is 0 Å². The number of aliphatic hydroxyl groups is 2. The van der Waals surface area contributed by atoms with Crippen LogP contribution in [0.3, 0.4) is 0 Å².